The molecule has 1 rings (SSSR count). The van der Waals surface area contributed by atoms with Gasteiger partial charge in [-0.25, -0.2) is 0 Å². The van der Waals surface area contributed by atoms with E-state index < -0.39 is 12.2 Å². The van der Waals surface area contributed by atoms with E-state index in [-0.39, 0.29) is 13.1 Å². The summed E-state index contributed by atoms with van der Waals surface area (Å²) in [7, 11) is 1.56. The van der Waals surface area contributed by atoms with Gasteiger partial charge < -0.3 is 19.7 Å². The van der Waals surface area contributed by atoms with Crippen molar-refractivity contribution in [3.63, 3.8) is 0 Å². The maximum Gasteiger partial charge on any atom is 0.295 e. The number of carbonyl (C=O) groups is 1. The van der Waals surface area contributed by atoms with Crippen LogP contribution in [0.5, 0.6) is 5.75 Å². The minimum Gasteiger partial charge on any atom is -0.497 e. The molecule has 0 bridgehead atoms. The van der Waals surface area contributed by atoms with Crippen LogP contribution in [0, 0.1) is 6.92 Å². The summed E-state index contributed by atoms with van der Waals surface area (Å²) in [6, 6.07) is 5.23. The van der Waals surface area contributed by atoms with Gasteiger partial charge in [0.2, 0.25) is 6.29 Å². The number of methoxy groups -OCH3 is 1. The minimum absolute atomic E-state index is 0.159. The Kier molecular flexibility index (Phi) is 4.93. The van der Waals surface area contributed by atoms with Gasteiger partial charge in [-0.3, -0.25) is 4.79 Å². The van der Waals surface area contributed by atoms with Crippen LogP contribution in [0.25, 0.3) is 0 Å². The Hall–Kier alpha value is -1.59. The summed E-state index contributed by atoms with van der Waals surface area (Å²) in [5, 5.41) is 18.8. The third kappa shape index (κ3) is 3.18. The molecule has 0 amide bonds. The molecule has 0 aliphatic carbocycles. The largest absolute Gasteiger partial charge is 0.497 e. The van der Waals surface area contributed by atoms with Gasteiger partial charge in [-0.2, -0.15) is 0 Å². The Balaban J connectivity index is 2.99. The molecule has 0 saturated heterocycles. The number of hydrogen-bond acceptors (Lipinski definition) is 5. The Morgan fingerprint density at radius 2 is 2.18 bits per heavy atom. The van der Waals surface area contributed by atoms with Crippen LogP contribution in [-0.2, 0) is 9.53 Å². The zero-order valence-electron chi connectivity index (χ0n) is 9.79. The fraction of sp³-hybridized carbons (Fsp3) is 0.417. The number of benzene rings is 1. The van der Waals surface area contributed by atoms with Gasteiger partial charge >= 0.3 is 0 Å². The molecule has 0 heterocycles. The fourth-order valence-electron chi connectivity index (χ4n) is 1.69. The second kappa shape index (κ2) is 6.22. The summed E-state index contributed by atoms with van der Waals surface area (Å²) in [6.07, 6.45) is -1.36. The zero-order valence-corrected chi connectivity index (χ0v) is 9.79. The second-order valence-corrected chi connectivity index (χ2v) is 3.63. The van der Waals surface area contributed by atoms with E-state index in [4.69, 9.17) is 4.74 Å². The van der Waals surface area contributed by atoms with Crippen LogP contribution in [0.3, 0.4) is 0 Å². The first-order valence-electron chi connectivity index (χ1n) is 5.16. The molecule has 0 radical (unpaired) electrons. The monoisotopic (exact) mass is 240 g/mol. The molecular formula is C12H16O5. The number of carbonyl (C=O) groups excluding carboxylic acids is 1. The molecule has 2 atom stereocenters. The molecule has 1 aromatic carbocycles. The van der Waals surface area contributed by atoms with Gasteiger partial charge in [-0.15, -0.1) is 0 Å². The van der Waals surface area contributed by atoms with E-state index in [0.717, 1.165) is 5.56 Å². The van der Waals surface area contributed by atoms with Crippen LogP contribution in [0.2, 0.25) is 0 Å². The van der Waals surface area contributed by atoms with Crippen LogP contribution < -0.4 is 4.74 Å². The van der Waals surface area contributed by atoms with E-state index in [1.165, 1.54) is 0 Å². The lowest BCUT2D eigenvalue weighted by atomic mass is 9.94. The number of aliphatic hydroxyl groups is 2. The maximum atomic E-state index is 10.2. The van der Waals surface area contributed by atoms with Gasteiger partial charge in [-0.1, -0.05) is 6.07 Å². The molecule has 0 aromatic heterocycles. The lowest BCUT2D eigenvalue weighted by Crippen LogP contribution is -2.25. The summed E-state index contributed by atoms with van der Waals surface area (Å²) in [4.78, 5) is 10.2. The van der Waals surface area contributed by atoms with Crippen LogP contribution in [0.1, 0.15) is 17.0 Å². The number of aryl methyl sites for hydroxylation is 1. The first kappa shape index (κ1) is 13.5. The molecule has 0 spiro atoms. The Morgan fingerprint density at radius 3 is 2.65 bits per heavy atom. The molecule has 5 heteroatoms. The number of hydrogen-bond donors (Lipinski definition) is 2. The van der Waals surface area contributed by atoms with Crippen molar-refractivity contribution in [2.75, 3.05) is 13.7 Å². The fourth-order valence-corrected chi connectivity index (χ4v) is 1.69. The number of ether oxygens (including phenoxy) is 2. The second-order valence-electron chi connectivity index (χ2n) is 3.63. The van der Waals surface area contributed by atoms with Crippen molar-refractivity contribution < 1.29 is 24.5 Å². The van der Waals surface area contributed by atoms with E-state index in [1.807, 2.05) is 6.92 Å². The molecule has 0 saturated carbocycles. The quantitative estimate of drug-likeness (QED) is 0.561. The third-order valence-electron chi connectivity index (χ3n) is 2.61. The summed E-state index contributed by atoms with van der Waals surface area (Å²) in [5.41, 5.74) is 1.56. The highest BCUT2D eigenvalue weighted by Gasteiger charge is 2.23. The van der Waals surface area contributed by atoms with Gasteiger partial charge in [0.15, 0.2) is 0 Å². The van der Waals surface area contributed by atoms with Crippen molar-refractivity contribution in [2.24, 2.45) is 0 Å². The third-order valence-corrected chi connectivity index (χ3v) is 2.61. The summed E-state index contributed by atoms with van der Waals surface area (Å²) in [6.45, 7) is 1.67. The Labute approximate surface area is 99.6 Å². The van der Waals surface area contributed by atoms with Crippen LogP contribution in [-0.4, -0.2) is 36.7 Å². The Bertz CT molecular complexity index is 377. The summed E-state index contributed by atoms with van der Waals surface area (Å²) >= 11 is 0. The molecule has 2 N–H and O–H groups in total. The Morgan fingerprint density at radius 1 is 1.47 bits per heavy atom. The van der Waals surface area contributed by atoms with Gasteiger partial charge in [-0.05, 0) is 30.2 Å². The lowest BCUT2D eigenvalue weighted by molar-refractivity contribution is -0.157. The summed E-state index contributed by atoms with van der Waals surface area (Å²) < 4.78 is 9.50. The molecule has 0 aliphatic heterocycles. The molecule has 0 aliphatic rings. The highest BCUT2D eigenvalue weighted by atomic mass is 16.6. The van der Waals surface area contributed by atoms with E-state index >= 15 is 0 Å². The topological polar surface area (TPSA) is 76.0 Å². The van der Waals surface area contributed by atoms with Crippen molar-refractivity contribution in [3.8, 4) is 5.75 Å². The normalized spacial score (nSPS) is 13.9. The zero-order chi connectivity index (χ0) is 12.8. The SMILES string of the molecule is COc1ccc(C(CO)C(O)OC=O)c(C)c1. The van der Waals surface area contributed by atoms with Gasteiger partial charge in [0.25, 0.3) is 6.47 Å². The van der Waals surface area contributed by atoms with Crippen LogP contribution >= 0.6 is 0 Å². The van der Waals surface area contributed by atoms with E-state index in [2.05, 4.69) is 4.74 Å². The first-order valence-corrected chi connectivity index (χ1v) is 5.16. The van der Waals surface area contributed by atoms with Gasteiger partial charge in [0, 0.05) is 0 Å². The highest BCUT2D eigenvalue weighted by Crippen LogP contribution is 2.26. The molecule has 0 fully saturated rings. The van der Waals surface area contributed by atoms with E-state index in [1.54, 1.807) is 25.3 Å². The smallest absolute Gasteiger partial charge is 0.295 e. The van der Waals surface area contributed by atoms with Crippen molar-refractivity contribution >= 4 is 6.47 Å². The summed E-state index contributed by atoms with van der Waals surface area (Å²) in [5.74, 6) is 0.0276. The highest BCUT2D eigenvalue weighted by molar-refractivity contribution is 5.40. The average Bonchev–Trinajstić information content (AvgIpc) is 2.32. The van der Waals surface area contributed by atoms with Crippen molar-refractivity contribution in [3.05, 3.63) is 29.3 Å². The van der Waals surface area contributed by atoms with Gasteiger partial charge in [0.05, 0.1) is 19.6 Å². The predicted molar refractivity (Wildman–Crippen MR) is 60.7 cm³/mol. The van der Waals surface area contributed by atoms with E-state index in [9.17, 15) is 15.0 Å². The standard InChI is InChI=1S/C12H16O5/c1-8-5-9(16-2)3-4-10(8)11(6-13)12(15)17-7-14/h3-5,7,11-13,15H,6H2,1-2H3. The maximum absolute atomic E-state index is 10.2. The van der Waals surface area contributed by atoms with Gasteiger partial charge in [0.1, 0.15) is 5.75 Å². The molecule has 5 nitrogen and oxygen atoms in total. The minimum atomic E-state index is -1.36. The number of aliphatic hydroxyl groups excluding tert-OH is 2. The van der Waals surface area contributed by atoms with Crippen molar-refractivity contribution in [1.82, 2.24) is 0 Å². The molecular weight excluding hydrogens is 224 g/mol. The molecule has 94 valence electrons. The van der Waals surface area contributed by atoms with Crippen LogP contribution in [0.15, 0.2) is 18.2 Å². The van der Waals surface area contributed by atoms with E-state index in [0.29, 0.717) is 11.3 Å². The molecule has 1 aromatic rings. The number of rotatable bonds is 6. The molecule has 2 unspecified atom stereocenters. The van der Waals surface area contributed by atoms with Crippen molar-refractivity contribution in [1.29, 1.82) is 0 Å². The average molecular weight is 240 g/mol. The van der Waals surface area contributed by atoms with Crippen LogP contribution in [0.4, 0.5) is 0 Å². The first-order chi connectivity index (χ1) is 8.13. The lowest BCUT2D eigenvalue weighted by Gasteiger charge is -2.21. The van der Waals surface area contributed by atoms with Crippen molar-refractivity contribution in [2.45, 2.75) is 19.1 Å². The predicted octanol–water partition coefficient (Wildman–Crippen LogP) is 0.571. The molecule has 17 heavy (non-hydrogen) atoms.